The fraction of sp³-hybridized carbons (Fsp3) is 0.263. The van der Waals surface area contributed by atoms with Crippen molar-refractivity contribution in [1.29, 1.82) is 0 Å². The van der Waals surface area contributed by atoms with E-state index in [-0.39, 0.29) is 11.8 Å². The van der Waals surface area contributed by atoms with E-state index in [0.717, 1.165) is 28.8 Å². The minimum atomic E-state index is -0.381. The monoisotopic (exact) mass is 339 g/mol. The van der Waals surface area contributed by atoms with Gasteiger partial charge in [-0.25, -0.2) is 9.59 Å². The van der Waals surface area contributed by atoms with Gasteiger partial charge in [0.25, 0.3) is 0 Å². The van der Waals surface area contributed by atoms with Gasteiger partial charge in [0.05, 0.1) is 5.52 Å². The maximum atomic E-state index is 12.2. The van der Waals surface area contributed by atoms with Gasteiger partial charge >= 0.3 is 11.8 Å². The Morgan fingerprint density at radius 2 is 1.92 bits per heavy atom. The Kier molecular flexibility index (Phi) is 4.61. The molecule has 25 heavy (non-hydrogen) atoms. The summed E-state index contributed by atoms with van der Waals surface area (Å²) >= 11 is 0. The third-order valence-corrected chi connectivity index (χ3v) is 4.00. The minimum Gasteiger partial charge on any atom is -0.408 e. The van der Waals surface area contributed by atoms with E-state index < -0.39 is 0 Å². The number of aryl methyl sites for hydroxylation is 3. The average molecular weight is 339 g/mol. The quantitative estimate of drug-likeness (QED) is 0.745. The van der Waals surface area contributed by atoms with Gasteiger partial charge in [-0.2, -0.15) is 0 Å². The van der Waals surface area contributed by atoms with E-state index in [0.29, 0.717) is 17.8 Å². The summed E-state index contributed by atoms with van der Waals surface area (Å²) in [6, 6.07) is 10.7. The molecule has 3 rings (SSSR count). The van der Waals surface area contributed by atoms with E-state index in [4.69, 9.17) is 4.42 Å². The first-order chi connectivity index (χ1) is 12.0. The van der Waals surface area contributed by atoms with Gasteiger partial charge < -0.3 is 15.1 Å². The van der Waals surface area contributed by atoms with Crippen LogP contribution in [0.1, 0.15) is 24.5 Å². The number of hydrogen-bond acceptors (Lipinski definition) is 3. The second-order valence-electron chi connectivity index (χ2n) is 6.10. The summed E-state index contributed by atoms with van der Waals surface area (Å²) in [4.78, 5) is 24.1. The molecular weight excluding hydrogens is 318 g/mol. The number of urea groups is 1. The van der Waals surface area contributed by atoms with E-state index in [2.05, 4.69) is 10.6 Å². The largest absolute Gasteiger partial charge is 0.419 e. The molecule has 0 aliphatic heterocycles. The maximum Gasteiger partial charge on any atom is 0.419 e. The number of nitrogens with one attached hydrogen (secondary N) is 2. The molecular formula is C19H21N3O3. The van der Waals surface area contributed by atoms with E-state index in [1.165, 1.54) is 0 Å². The van der Waals surface area contributed by atoms with Gasteiger partial charge in [0.2, 0.25) is 0 Å². The zero-order valence-corrected chi connectivity index (χ0v) is 14.6. The molecule has 130 valence electrons. The highest BCUT2D eigenvalue weighted by atomic mass is 16.4. The molecule has 6 nitrogen and oxygen atoms in total. The van der Waals surface area contributed by atoms with Crippen molar-refractivity contribution >= 4 is 28.5 Å². The van der Waals surface area contributed by atoms with Gasteiger partial charge in [0.1, 0.15) is 0 Å². The molecule has 0 bridgehead atoms. The predicted molar refractivity (Wildman–Crippen MR) is 99.3 cm³/mol. The van der Waals surface area contributed by atoms with Gasteiger partial charge in [0.15, 0.2) is 5.58 Å². The van der Waals surface area contributed by atoms with Crippen LogP contribution in [0.5, 0.6) is 0 Å². The van der Waals surface area contributed by atoms with Crippen LogP contribution in [0, 0.1) is 13.8 Å². The van der Waals surface area contributed by atoms with E-state index in [1.807, 2.05) is 39.0 Å². The van der Waals surface area contributed by atoms with Crippen molar-refractivity contribution < 1.29 is 9.21 Å². The SMILES string of the molecule is CCCn1c(=O)oc2cc(NC(=O)Nc3ccc(C)cc3C)ccc21. The number of aromatic nitrogens is 1. The van der Waals surface area contributed by atoms with Crippen LogP contribution >= 0.6 is 0 Å². The van der Waals surface area contributed by atoms with Crippen LogP contribution in [0.4, 0.5) is 16.2 Å². The molecule has 6 heteroatoms. The standard InChI is InChI=1S/C19H21N3O3/c1-4-9-22-16-8-6-14(11-17(16)25-19(22)24)20-18(23)21-15-7-5-12(2)10-13(15)3/h5-8,10-11H,4,9H2,1-3H3,(H2,20,21,23). The van der Waals surface area contributed by atoms with Crippen LogP contribution in [0.2, 0.25) is 0 Å². The zero-order valence-electron chi connectivity index (χ0n) is 14.6. The third-order valence-electron chi connectivity index (χ3n) is 4.00. The molecule has 0 saturated heterocycles. The summed E-state index contributed by atoms with van der Waals surface area (Å²) in [6.07, 6.45) is 0.840. The molecule has 0 spiro atoms. The van der Waals surface area contributed by atoms with Crippen LogP contribution in [-0.4, -0.2) is 10.6 Å². The normalized spacial score (nSPS) is 10.8. The Hall–Kier alpha value is -3.02. The Morgan fingerprint density at radius 1 is 1.12 bits per heavy atom. The number of carbonyl (C=O) groups excluding carboxylic acids is 1. The van der Waals surface area contributed by atoms with Gasteiger partial charge in [-0.05, 0) is 44.0 Å². The summed E-state index contributed by atoms with van der Waals surface area (Å²) in [6.45, 7) is 6.55. The molecule has 1 aromatic heterocycles. The lowest BCUT2D eigenvalue weighted by atomic mass is 10.1. The minimum absolute atomic E-state index is 0.346. The van der Waals surface area contributed by atoms with Gasteiger partial charge in [-0.3, -0.25) is 4.57 Å². The molecule has 0 unspecified atom stereocenters. The van der Waals surface area contributed by atoms with Crippen molar-refractivity contribution in [3.05, 3.63) is 58.1 Å². The van der Waals surface area contributed by atoms with Crippen molar-refractivity contribution in [1.82, 2.24) is 4.57 Å². The first-order valence-corrected chi connectivity index (χ1v) is 8.26. The molecule has 0 saturated carbocycles. The molecule has 0 radical (unpaired) electrons. The lowest BCUT2D eigenvalue weighted by molar-refractivity contribution is 0.262. The van der Waals surface area contributed by atoms with Crippen molar-refractivity contribution in [3.63, 3.8) is 0 Å². The average Bonchev–Trinajstić information content (AvgIpc) is 2.86. The van der Waals surface area contributed by atoms with Crippen molar-refractivity contribution in [3.8, 4) is 0 Å². The zero-order chi connectivity index (χ0) is 18.0. The van der Waals surface area contributed by atoms with Crippen LogP contribution in [0.25, 0.3) is 11.1 Å². The highest BCUT2D eigenvalue weighted by Crippen LogP contribution is 2.20. The fourth-order valence-electron chi connectivity index (χ4n) is 2.82. The first-order valence-electron chi connectivity index (χ1n) is 8.26. The number of oxazole rings is 1. The van der Waals surface area contributed by atoms with Gasteiger partial charge in [-0.15, -0.1) is 0 Å². The Bertz CT molecular complexity index is 985. The molecule has 3 aromatic rings. The number of anilines is 2. The van der Waals surface area contributed by atoms with Crippen molar-refractivity contribution in [2.75, 3.05) is 10.6 Å². The number of amides is 2. The van der Waals surface area contributed by atoms with E-state index in [9.17, 15) is 9.59 Å². The second-order valence-corrected chi connectivity index (χ2v) is 6.10. The Balaban J connectivity index is 1.78. The Morgan fingerprint density at radius 3 is 2.64 bits per heavy atom. The molecule has 0 fully saturated rings. The summed E-state index contributed by atoms with van der Waals surface area (Å²) in [5.41, 5.74) is 4.64. The van der Waals surface area contributed by atoms with E-state index >= 15 is 0 Å². The first kappa shape index (κ1) is 16.8. The van der Waals surface area contributed by atoms with Gasteiger partial charge in [0, 0.05) is 24.0 Å². The van der Waals surface area contributed by atoms with Crippen molar-refractivity contribution in [2.24, 2.45) is 0 Å². The predicted octanol–water partition coefficient (Wildman–Crippen LogP) is 4.27. The molecule has 0 aliphatic carbocycles. The molecule has 2 N–H and O–H groups in total. The topological polar surface area (TPSA) is 76.3 Å². The third kappa shape index (κ3) is 3.57. The Labute approximate surface area is 145 Å². The molecule has 1 heterocycles. The highest BCUT2D eigenvalue weighted by molar-refractivity contribution is 6.01. The molecule has 0 aliphatic rings. The van der Waals surface area contributed by atoms with Crippen molar-refractivity contribution in [2.45, 2.75) is 33.7 Å². The number of nitrogens with zero attached hydrogens (tertiary/aromatic N) is 1. The van der Waals surface area contributed by atoms with E-state index in [1.54, 1.807) is 22.8 Å². The molecule has 2 amide bonds. The number of hydrogen-bond donors (Lipinski definition) is 2. The summed E-state index contributed by atoms with van der Waals surface area (Å²) < 4.78 is 6.85. The summed E-state index contributed by atoms with van der Waals surface area (Å²) in [5.74, 6) is -0.381. The maximum absolute atomic E-state index is 12.2. The summed E-state index contributed by atoms with van der Waals surface area (Å²) in [7, 11) is 0. The molecule has 2 aromatic carbocycles. The fourth-order valence-corrected chi connectivity index (χ4v) is 2.82. The number of carbonyl (C=O) groups is 1. The van der Waals surface area contributed by atoms with Crippen LogP contribution < -0.4 is 16.4 Å². The van der Waals surface area contributed by atoms with Crippen LogP contribution in [0.3, 0.4) is 0 Å². The lowest BCUT2D eigenvalue weighted by Gasteiger charge is -2.10. The van der Waals surface area contributed by atoms with Crippen LogP contribution in [0.15, 0.2) is 45.6 Å². The van der Waals surface area contributed by atoms with Gasteiger partial charge in [-0.1, -0.05) is 24.6 Å². The number of rotatable bonds is 4. The summed E-state index contributed by atoms with van der Waals surface area (Å²) in [5, 5.41) is 5.59. The van der Waals surface area contributed by atoms with Crippen LogP contribution in [-0.2, 0) is 6.54 Å². The number of benzene rings is 2. The molecule has 0 atom stereocenters. The second kappa shape index (κ2) is 6.84. The number of fused-ring (bicyclic) bond motifs is 1. The lowest BCUT2D eigenvalue weighted by Crippen LogP contribution is -2.20. The smallest absolute Gasteiger partial charge is 0.408 e. The highest BCUT2D eigenvalue weighted by Gasteiger charge is 2.11.